The molecule has 0 radical (unpaired) electrons. The lowest BCUT2D eigenvalue weighted by atomic mass is 9.72. The molecule has 4 saturated heterocycles. The van der Waals surface area contributed by atoms with E-state index in [1.54, 1.807) is 31.0 Å². The molecule has 2 bridgehead atoms. The van der Waals surface area contributed by atoms with Crippen LogP contribution in [-0.2, 0) is 26.3 Å². The molecule has 0 aliphatic carbocycles. The lowest BCUT2D eigenvalue weighted by Crippen LogP contribution is -2.76. The number of carbonyl (C=O) groups is 2. The van der Waals surface area contributed by atoms with Crippen LogP contribution in [0.1, 0.15) is 24.5 Å². The molecular weight excluding hydrogens is 492 g/mol. The van der Waals surface area contributed by atoms with Crippen LogP contribution in [0.15, 0.2) is 54.7 Å². The van der Waals surface area contributed by atoms with Gasteiger partial charge < -0.3 is 14.4 Å². The van der Waals surface area contributed by atoms with E-state index in [-0.39, 0.29) is 18.2 Å². The maximum Gasteiger partial charge on any atom is 0.262 e. The maximum atomic E-state index is 14.0. The molecule has 5 aliphatic heterocycles. The number of aromatic amines is 1. The van der Waals surface area contributed by atoms with Gasteiger partial charge in [0.05, 0.1) is 11.1 Å². The van der Waals surface area contributed by atoms with Crippen LogP contribution >= 0.6 is 21.6 Å². The van der Waals surface area contributed by atoms with Crippen molar-refractivity contribution in [3.63, 3.8) is 0 Å². The van der Waals surface area contributed by atoms with Crippen molar-refractivity contribution in [3.05, 3.63) is 65.9 Å². The molecule has 0 saturated carbocycles. The molecule has 8 rings (SSSR count). The number of rotatable bonds is 2. The summed E-state index contributed by atoms with van der Waals surface area (Å²) in [6, 6.07) is 15.2. The monoisotopic (exact) mass is 511 g/mol. The molecule has 174 valence electrons. The Morgan fingerprint density at radius 3 is 2.59 bits per heavy atom. The number of para-hydroxylation sites is 2. The summed E-state index contributed by atoms with van der Waals surface area (Å²) in [7, 11) is 4.43. The van der Waals surface area contributed by atoms with Crippen LogP contribution in [-0.4, -0.2) is 58.3 Å². The van der Waals surface area contributed by atoms with E-state index in [9.17, 15) is 18.4 Å². The van der Waals surface area contributed by atoms with Gasteiger partial charge in [-0.2, -0.15) is 0 Å². The predicted molar refractivity (Wildman–Crippen MR) is 131 cm³/mol. The van der Waals surface area contributed by atoms with Crippen LogP contribution in [0.3, 0.4) is 0 Å². The molecule has 8 nitrogen and oxygen atoms in total. The highest BCUT2D eigenvalue weighted by Gasteiger charge is 2.78. The fourth-order valence-corrected chi connectivity index (χ4v) is 10.6. The van der Waals surface area contributed by atoms with Crippen LogP contribution in [0.25, 0.3) is 10.9 Å². The summed E-state index contributed by atoms with van der Waals surface area (Å²) in [5, 5.41) is 0.948. The molecule has 1 N–H and O–H groups in total. The summed E-state index contributed by atoms with van der Waals surface area (Å²) in [5.41, 5.74) is 2.23. The van der Waals surface area contributed by atoms with Crippen LogP contribution in [0.5, 0.6) is 0 Å². The molecule has 5 aliphatic rings. The molecule has 3 aromatic rings. The van der Waals surface area contributed by atoms with Crippen LogP contribution in [0.4, 0.5) is 5.69 Å². The molecule has 1 unspecified atom stereocenters. The number of piperazine rings is 1. The van der Waals surface area contributed by atoms with E-state index < -0.39 is 32.6 Å². The quantitative estimate of drug-likeness (QED) is 0.420. The zero-order chi connectivity index (χ0) is 23.6. The predicted octanol–water partition coefficient (Wildman–Crippen LogP) is 2.91. The number of nitrogens with one attached hydrogen (secondary N) is 1. The smallest absolute Gasteiger partial charge is 0.262 e. The highest BCUT2D eigenvalue weighted by Crippen LogP contribution is 2.71. The Morgan fingerprint density at radius 1 is 1.06 bits per heavy atom. The van der Waals surface area contributed by atoms with E-state index in [1.807, 2.05) is 42.6 Å². The number of fused-ring (bicyclic) bond motifs is 6. The summed E-state index contributed by atoms with van der Waals surface area (Å²) in [5.74, 6) is -0.408. The first-order valence-corrected chi connectivity index (χ1v) is 14.0. The minimum Gasteiger partial charge on any atom is -0.755 e. The second-order valence-electron chi connectivity index (χ2n) is 9.30. The van der Waals surface area contributed by atoms with Gasteiger partial charge >= 0.3 is 0 Å². The fraction of sp³-hybridized carbons (Fsp3) is 0.304. The Hall–Kier alpha value is -2.47. The Balaban J connectivity index is 1.60. The Labute approximate surface area is 205 Å². The minimum absolute atomic E-state index is 0.166. The summed E-state index contributed by atoms with van der Waals surface area (Å²) < 4.78 is 26.8. The third-order valence-corrected chi connectivity index (χ3v) is 12.3. The van der Waals surface area contributed by atoms with Gasteiger partial charge in [-0.3, -0.25) is 23.0 Å². The number of hydrogen-bond acceptors (Lipinski definition) is 6. The number of carbonyl (C=O) groups excluding carboxylic acids is 2. The van der Waals surface area contributed by atoms with E-state index in [1.165, 1.54) is 30.8 Å². The first-order chi connectivity index (χ1) is 16.3. The van der Waals surface area contributed by atoms with Gasteiger partial charge in [-0.05, 0) is 30.2 Å². The third kappa shape index (κ3) is 2.08. The average Bonchev–Trinajstić information content (AvgIpc) is 3.47. The van der Waals surface area contributed by atoms with Crippen molar-refractivity contribution in [3.8, 4) is 0 Å². The van der Waals surface area contributed by atoms with Gasteiger partial charge in [-0.15, -0.1) is 0 Å². The zero-order valence-electron chi connectivity index (χ0n) is 18.2. The van der Waals surface area contributed by atoms with Gasteiger partial charge in [0.25, 0.3) is 11.8 Å². The number of hydrogen-bond donors (Lipinski definition) is 1. The normalized spacial score (nSPS) is 34.6. The number of likely N-dealkylation sites (N-methyl/N-ethyl adjacent to an activating group) is 1. The highest BCUT2D eigenvalue weighted by molar-refractivity contribution is 8.78. The lowest BCUT2D eigenvalue weighted by molar-refractivity contribution is -0.163. The van der Waals surface area contributed by atoms with Gasteiger partial charge in [0.2, 0.25) is 0 Å². The van der Waals surface area contributed by atoms with Crippen molar-refractivity contribution in [2.24, 2.45) is 0 Å². The molecule has 6 heterocycles. The van der Waals surface area contributed by atoms with Gasteiger partial charge in [0.1, 0.15) is 6.17 Å². The second kappa shape index (κ2) is 6.39. The topological polar surface area (TPSA) is 99.8 Å². The van der Waals surface area contributed by atoms with Gasteiger partial charge in [0.15, 0.2) is 9.74 Å². The van der Waals surface area contributed by atoms with Crippen molar-refractivity contribution in [2.45, 2.75) is 34.7 Å². The van der Waals surface area contributed by atoms with E-state index in [0.717, 1.165) is 22.0 Å². The molecule has 2 amide bonds. The van der Waals surface area contributed by atoms with Crippen molar-refractivity contribution in [1.29, 1.82) is 0 Å². The summed E-state index contributed by atoms with van der Waals surface area (Å²) in [4.78, 5) is 32.0. The van der Waals surface area contributed by atoms with Gasteiger partial charge in [-0.25, -0.2) is 0 Å². The molecule has 1 spiro atoms. The lowest BCUT2D eigenvalue weighted by Gasteiger charge is -2.58. The number of nitrogens with zero attached hydrogens (tertiary/aromatic N) is 3. The number of aromatic nitrogens is 1. The number of anilines is 1. The molecule has 34 heavy (non-hydrogen) atoms. The molecular formula is C23H19N4O4S3-. The van der Waals surface area contributed by atoms with Crippen molar-refractivity contribution in [1.82, 2.24) is 14.8 Å². The highest BCUT2D eigenvalue weighted by atomic mass is 33.1. The van der Waals surface area contributed by atoms with E-state index in [4.69, 9.17) is 0 Å². The largest absolute Gasteiger partial charge is 0.755 e. The first-order valence-electron chi connectivity index (χ1n) is 10.8. The van der Waals surface area contributed by atoms with Crippen molar-refractivity contribution < 1.29 is 18.4 Å². The Bertz CT molecular complexity index is 1460. The molecule has 2 aromatic carbocycles. The number of benzene rings is 2. The third-order valence-electron chi connectivity index (χ3n) is 7.90. The van der Waals surface area contributed by atoms with Crippen LogP contribution in [0.2, 0.25) is 0 Å². The standard InChI is InChI=1S/C23H20N4O4S3/c1-21-19(28)26-18-22(12-23(26,33-32-21)20(29)25(21)2,15-11-24-16-9-5-3-7-13(15)16)14-8-4-6-10-17(14)27(18)34(30)31/h3-11,18,24H,12H2,1-2H3,(H,30,31)/p-1/t18-,21+,22+,23-/m0/s1. The molecule has 4 fully saturated rings. The Kier molecular flexibility index (Phi) is 3.92. The van der Waals surface area contributed by atoms with Gasteiger partial charge in [0, 0.05) is 41.8 Å². The maximum absolute atomic E-state index is 14.0. The summed E-state index contributed by atoms with van der Waals surface area (Å²) in [6.45, 7) is 1.74. The Morgan fingerprint density at radius 2 is 1.79 bits per heavy atom. The number of H-pyrrole nitrogens is 1. The van der Waals surface area contributed by atoms with Gasteiger partial charge in [-0.1, -0.05) is 58.0 Å². The summed E-state index contributed by atoms with van der Waals surface area (Å²) >= 11 is -2.66. The molecule has 1 aromatic heterocycles. The molecule has 5 atom stereocenters. The van der Waals surface area contributed by atoms with Crippen LogP contribution < -0.4 is 4.31 Å². The fourth-order valence-electron chi connectivity index (χ4n) is 6.29. The number of amides is 2. The summed E-state index contributed by atoms with van der Waals surface area (Å²) in [6.07, 6.45) is 1.30. The van der Waals surface area contributed by atoms with Crippen molar-refractivity contribution >= 4 is 61.3 Å². The zero-order valence-corrected chi connectivity index (χ0v) is 20.6. The first kappa shape index (κ1) is 20.9. The second-order valence-corrected chi connectivity index (χ2v) is 12.9. The van der Waals surface area contributed by atoms with E-state index in [2.05, 4.69) is 4.98 Å². The van der Waals surface area contributed by atoms with Crippen molar-refractivity contribution in [2.75, 3.05) is 11.4 Å². The minimum atomic E-state index is -2.66. The average molecular weight is 512 g/mol. The van der Waals surface area contributed by atoms with Crippen LogP contribution in [0, 0.1) is 0 Å². The molecule has 11 heteroatoms. The SMILES string of the molecule is CN1C(=O)[C@@]23C[C@]4(c5c[nH]c6ccccc56)c5ccccc5N(S(=O)[O-])[C@@H]4N2C(=O)[C@@]1(C)SS3. The van der Waals surface area contributed by atoms with E-state index >= 15 is 0 Å². The van der Waals surface area contributed by atoms with E-state index in [0.29, 0.717) is 5.69 Å².